The molecule has 0 bridgehead atoms. The molecule has 3 aliphatic heterocycles. The Balaban J connectivity index is 1.37. The molecule has 33 heavy (non-hydrogen) atoms. The Hall–Kier alpha value is -3.60. The zero-order chi connectivity index (χ0) is 22.7. The summed E-state index contributed by atoms with van der Waals surface area (Å²) in [6.45, 7) is 4.98. The van der Waals surface area contributed by atoms with Gasteiger partial charge >= 0.3 is 0 Å². The van der Waals surface area contributed by atoms with Gasteiger partial charge in [0.05, 0.1) is 13.2 Å². The number of anilines is 1. The number of carbonyl (C=O) groups excluding carboxylic acids is 2. The van der Waals surface area contributed by atoms with Crippen LogP contribution in [0.3, 0.4) is 0 Å². The van der Waals surface area contributed by atoms with Gasteiger partial charge < -0.3 is 14.4 Å². The fraction of sp³-hybridized carbons (Fsp3) is 0.286. The van der Waals surface area contributed by atoms with Crippen LogP contribution in [-0.4, -0.2) is 31.4 Å². The number of aryl methyl sites for hydroxylation is 2. The summed E-state index contributed by atoms with van der Waals surface area (Å²) in [5.74, 6) is 1.47. The van der Waals surface area contributed by atoms with Gasteiger partial charge in [0, 0.05) is 30.2 Å². The first-order valence-corrected chi connectivity index (χ1v) is 11.4. The summed E-state index contributed by atoms with van der Waals surface area (Å²) in [6.07, 6.45) is 1.14. The molecule has 0 aliphatic carbocycles. The summed E-state index contributed by atoms with van der Waals surface area (Å²) in [7, 11) is 0. The molecule has 3 aromatic rings. The third kappa shape index (κ3) is 2.92. The van der Waals surface area contributed by atoms with Gasteiger partial charge in [-0.15, -0.1) is 0 Å². The number of ketones is 1. The molecule has 1 atom stereocenters. The van der Waals surface area contributed by atoms with Crippen LogP contribution in [0.15, 0.2) is 54.6 Å². The van der Waals surface area contributed by atoms with E-state index < -0.39 is 5.41 Å². The summed E-state index contributed by atoms with van der Waals surface area (Å²) in [4.78, 5) is 28.8. The van der Waals surface area contributed by atoms with Gasteiger partial charge in [-0.2, -0.15) is 0 Å². The first-order valence-electron chi connectivity index (χ1n) is 11.4. The lowest BCUT2D eigenvalue weighted by Gasteiger charge is -2.23. The number of hydrogen-bond acceptors (Lipinski definition) is 4. The van der Waals surface area contributed by atoms with E-state index in [9.17, 15) is 9.59 Å². The molecule has 1 spiro atoms. The van der Waals surface area contributed by atoms with Crippen LogP contribution in [0.4, 0.5) is 5.69 Å². The predicted octanol–water partition coefficient (Wildman–Crippen LogP) is 4.08. The number of benzene rings is 3. The molecule has 3 heterocycles. The second-order valence-corrected chi connectivity index (χ2v) is 9.30. The molecule has 1 amide bonds. The molecule has 0 saturated carbocycles. The minimum atomic E-state index is -0.914. The standard InChI is InChI=1S/C28H25NO4/c1-17-7-8-18(2)20(11-17)12-21(30)15-29-24-6-4-3-5-22(24)28(27(29)31)16-33-26-14-25-19(9-10-32-25)13-23(26)28/h3-8,11,13-14H,9-10,12,15-16H2,1-2H3. The van der Waals surface area contributed by atoms with E-state index in [-0.39, 0.29) is 24.8 Å². The first-order chi connectivity index (χ1) is 16.0. The van der Waals surface area contributed by atoms with Gasteiger partial charge in [0.25, 0.3) is 0 Å². The summed E-state index contributed by atoms with van der Waals surface area (Å²) < 4.78 is 11.8. The van der Waals surface area contributed by atoms with Crippen LogP contribution >= 0.6 is 0 Å². The van der Waals surface area contributed by atoms with Gasteiger partial charge in [0.1, 0.15) is 23.5 Å². The van der Waals surface area contributed by atoms with E-state index in [0.717, 1.165) is 51.2 Å². The van der Waals surface area contributed by atoms with E-state index in [1.165, 1.54) is 0 Å². The van der Waals surface area contributed by atoms with Gasteiger partial charge in [0.2, 0.25) is 5.91 Å². The van der Waals surface area contributed by atoms with E-state index in [0.29, 0.717) is 18.8 Å². The summed E-state index contributed by atoms with van der Waals surface area (Å²) in [5.41, 5.74) is 6.01. The van der Waals surface area contributed by atoms with E-state index in [1.807, 2.05) is 56.3 Å². The number of carbonyl (C=O) groups is 2. The highest BCUT2D eigenvalue weighted by Gasteiger charge is 2.57. The van der Waals surface area contributed by atoms with E-state index in [1.54, 1.807) is 4.90 Å². The van der Waals surface area contributed by atoms with Gasteiger partial charge in [-0.05, 0) is 48.2 Å². The summed E-state index contributed by atoms with van der Waals surface area (Å²) >= 11 is 0. The van der Waals surface area contributed by atoms with E-state index in [4.69, 9.17) is 9.47 Å². The van der Waals surface area contributed by atoms with Crippen LogP contribution in [0.25, 0.3) is 0 Å². The number of ether oxygens (including phenoxy) is 2. The molecule has 5 nitrogen and oxygen atoms in total. The maximum Gasteiger partial charge on any atom is 0.246 e. The number of rotatable bonds is 4. The molecule has 3 aliphatic rings. The monoisotopic (exact) mass is 439 g/mol. The van der Waals surface area contributed by atoms with Crippen LogP contribution in [0.2, 0.25) is 0 Å². The molecule has 6 rings (SSSR count). The number of hydrogen-bond donors (Lipinski definition) is 0. The number of para-hydroxylation sites is 1. The summed E-state index contributed by atoms with van der Waals surface area (Å²) in [6, 6.07) is 17.9. The molecule has 0 N–H and O–H groups in total. The van der Waals surface area contributed by atoms with Crippen molar-refractivity contribution in [1.29, 1.82) is 0 Å². The maximum atomic E-state index is 14.0. The van der Waals surface area contributed by atoms with Gasteiger partial charge in [-0.3, -0.25) is 9.59 Å². The van der Waals surface area contributed by atoms with E-state index >= 15 is 0 Å². The number of fused-ring (bicyclic) bond motifs is 5. The van der Waals surface area contributed by atoms with Crippen molar-refractivity contribution in [3.63, 3.8) is 0 Å². The Labute approximate surface area is 192 Å². The third-order valence-electron chi connectivity index (χ3n) is 7.19. The largest absolute Gasteiger partial charge is 0.493 e. The second-order valence-electron chi connectivity index (χ2n) is 9.30. The lowest BCUT2D eigenvalue weighted by molar-refractivity contribution is -0.124. The van der Waals surface area contributed by atoms with Crippen molar-refractivity contribution in [3.8, 4) is 11.5 Å². The van der Waals surface area contributed by atoms with Crippen LogP contribution in [-0.2, 0) is 27.8 Å². The first kappa shape index (κ1) is 20.0. The number of amides is 1. The highest BCUT2D eigenvalue weighted by molar-refractivity contribution is 6.14. The molecule has 0 fully saturated rings. The fourth-order valence-corrected chi connectivity index (χ4v) is 5.44. The minimum Gasteiger partial charge on any atom is -0.493 e. The van der Waals surface area contributed by atoms with Crippen LogP contribution in [0.5, 0.6) is 11.5 Å². The molecule has 0 radical (unpaired) electrons. The SMILES string of the molecule is Cc1ccc(C)c(CC(=O)CN2C(=O)C3(COc4cc5c(cc43)CCO5)c3ccccc32)c1. The van der Waals surface area contributed by atoms with Crippen molar-refractivity contribution in [2.45, 2.75) is 32.1 Å². The lowest BCUT2D eigenvalue weighted by Crippen LogP contribution is -2.44. The second kappa shape index (κ2) is 7.20. The minimum absolute atomic E-state index is 0.0189. The van der Waals surface area contributed by atoms with E-state index in [2.05, 4.69) is 12.1 Å². The predicted molar refractivity (Wildman–Crippen MR) is 125 cm³/mol. The van der Waals surface area contributed by atoms with Crippen molar-refractivity contribution in [2.24, 2.45) is 0 Å². The van der Waals surface area contributed by atoms with Crippen LogP contribution in [0.1, 0.15) is 33.4 Å². The van der Waals surface area contributed by atoms with Crippen molar-refractivity contribution in [3.05, 3.63) is 88.0 Å². The zero-order valence-corrected chi connectivity index (χ0v) is 18.8. The quantitative estimate of drug-likeness (QED) is 0.615. The molecular formula is C28H25NO4. The average Bonchev–Trinajstić information content (AvgIpc) is 3.48. The van der Waals surface area contributed by atoms with Crippen molar-refractivity contribution >= 4 is 17.4 Å². The van der Waals surface area contributed by atoms with Gasteiger partial charge in [0.15, 0.2) is 5.78 Å². The van der Waals surface area contributed by atoms with Crippen molar-refractivity contribution in [1.82, 2.24) is 0 Å². The maximum absolute atomic E-state index is 14.0. The Morgan fingerprint density at radius 2 is 1.85 bits per heavy atom. The van der Waals surface area contributed by atoms with Crippen molar-refractivity contribution < 1.29 is 19.1 Å². The smallest absolute Gasteiger partial charge is 0.246 e. The third-order valence-corrected chi connectivity index (χ3v) is 7.19. The van der Waals surface area contributed by atoms with Crippen LogP contribution < -0.4 is 14.4 Å². The van der Waals surface area contributed by atoms with Crippen LogP contribution in [0, 0.1) is 13.8 Å². The normalized spacial score (nSPS) is 19.8. The van der Waals surface area contributed by atoms with Crippen molar-refractivity contribution in [2.75, 3.05) is 24.7 Å². The Morgan fingerprint density at radius 1 is 1.00 bits per heavy atom. The zero-order valence-electron chi connectivity index (χ0n) is 18.8. The van der Waals surface area contributed by atoms with Gasteiger partial charge in [-0.25, -0.2) is 0 Å². The molecule has 0 aromatic heterocycles. The molecule has 3 aromatic carbocycles. The highest BCUT2D eigenvalue weighted by atomic mass is 16.5. The Bertz CT molecular complexity index is 1330. The number of Topliss-reactive ketones (excluding diaryl/α,β-unsaturated/α-hetero) is 1. The summed E-state index contributed by atoms with van der Waals surface area (Å²) in [5, 5.41) is 0. The molecule has 166 valence electrons. The molecular weight excluding hydrogens is 414 g/mol. The Kier molecular flexibility index (Phi) is 4.37. The topological polar surface area (TPSA) is 55.8 Å². The molecule has 0 saturated heterocycles. The Morgan fingerprint density at radius 3 is 2.73 bits per heavy atom. The molecule has 5 heteroatoms. The number of nitrogens with zero attached hydrogens (tertiary/aromatic N) is 1. The molecule has 1 unspecified atom stereocenters. The average molecular weight is 440 g/mol. The van der Waals surface area contributed by atoms with Gasteiger partial charge in [-0.1, -0.05) is 42.0 Å². The fourth-order valence-electron chi connectivity index (χ4n) is 5.44. The lowest BCUT2D eigenvalue weighted by atomic mass is 9.76. The highest BCUT2D eigenvalue weighted by Crippen LogP contribution is 2.53.